The van der Waals surface area contributed by atoms with E-state index in [1.54, 1.807) is 23.1 Å². The number of rotatable bonds is 12. The molecule has 0 unspecified atom stereocenters. The molecule has 0 aromatic heterocycles. The molecule has 0 heterocycles. The van der Waals surface area contributed by atoms with Crippen molar-refractivity contribution in [3.05, 3.63) is 106 Å². The van der Waals surface area contributed by atoms with Gasteiger partial charge in [0.25, 0.3) is 0 Å². The number of hydrogen-bond donors (Lipinski definition) is 1. The van der Waals surface area contributed by atoms with Gasteiger partial charge in [-0.1, -0.05) is 83.5 Å². The fourth-order valence-electron chi connectivity index (χ4n) is 3.73. The van der Waals surface area contributed by atoms with Crippen molar-refractivity contribution >= 4 is 39.5 Å². The highest BCUT2D eigenvalue weighted by atomic mass is 79.9. The first-order valence-corrected chi connectivity index (χ1v) is 14.0. The molecule has 2 amide bonds. The van der Waals surface area contributed by atoms with Crippen LogP contribution in [-0.4, -0.2) is 34.6 Å². The van der Waals surface area contributed by atoms with E-state index in [1.165, 1.54) is 17.8 Å². The minimum atomic E-state index is -0.674. The molecule has 2 atom stereocenters. The second-order valence-corrected chi connectivity index (χ2v) is 10.7. The minimum Gasteiger partial charge on any atom is -0.352 e. The van der Waals surface area contributed by atoms with Crippen molar-refractivity contribution < 1.29 is 14.0 Å². The lowest BCUT2D eigenvalue weighted by Crippen LogP contribution is -2.52. The van der Waals surface area contributed by atoms with Crippen molar-refractivity contribution in [2.45, 2.75) is 51.1 Å². The maximum atomic E-state index is 14.1. The molecule has 0 bridgehead atoms. The first-order chi connectivity index (χ1) is 17.4. The van der Waals surface area contributed by atoms with Gasteiger partial charge >= 0.3 is 0 Å². The van der Waals surface area contributed by atoms with Crippen LogP contribution in [0.15, 0.2) is 83.3 Å². The van der Waals surface area contributed by atoms with Gasteiger partial charge in [-0.3, -0.25) is 9.59 Å². The van der Waals surface area contributed by atoms with Crippen molar-refractivity contribution in [3.63, 3.8) is 0 Å². The molecule has 0 aliphatic carbocycles. The lowest BCUT2D eigenvalue weighted by atomic mass is 10.0. The minimum absolute atomic E-state index is 0.00385. The zero-order valence-corrected chi connectivity index (χ0v) is 23.0. The number of nitrogens with one attached hydrogen (secondary N) is 1. The van der Waals surface area contributed by atoms with Gasteiger partial charge in [-0.2, -0.15) is 0 Å². The topological polar surface area (TPSA) is 49.4 Å². The molecule has 3 aromatic carbocycles. The summed E-state index contributed by atoms with van der Waals surface area (Å²) < 4.78 is 15.0. The van der Waals surface area contributed by atoms with Crippen LogP contribution < -0.4 is 5.32 Å². The summed E-state index contributed by atoms with van der Waals surface area (Å²) in [6.07, 6.45) is 1.20. The highest BCUT2D eigenvalue weighted by Crippen LogP contribution is 2.20. The van der Waals surface area contributed by atoms with E-state index in [0.29, 0.717) is 24.3 Å². The Bertz CT molecular complexity index is 1130. The van der Waals surface area contributed by atoms with E-state index in [1.807, 2.05) is 68.4 Å². The van der Waals surface area contributed by atoms with Crippen molar-refractivity contribution in [1.82, 2.24) is 10.2 Å². The Kier molecular flexibility index (Phi) is 11.0. The predicted octanol–water partition coefficient (Wildman–Crippen LogP) is 6.38. The summed E-state index contributed by atoms with van der Waals surface area (Å²) in [6.45, 7) is 4.28. The molecule has 0 aliphatic rings. The molecule has 1 N–H and O–H groups in total. The Morgan fingerprint density at radius 2 is 1.64 bits per heavy atom. The average molecular weight is 572 g/mol. The second kappa shape index (κ2) is 14.2. The number of carbonyl (C=O) groups excluding carboxylic acids is 2. The molecule has 3 aromatic rings. The van der Waals surface area contributed by atoms with E-state index in [2.05, 4.69) is 21.2 Å². The molecule has 0 spiro atoms. The summed E-state index contributed by atoms with van der Waals surface area (Å²) in [7, 11) is 0. The normalized spacial score (nSPS) is 12.6. The first-order valence-electron chi connectivity index (χ1n) is 12.1. The Balaban J connectivity index is 1.85. The third-order valence-corrected chi connectivity index (χ3v) is 7.47. The van der Waals surface area contributed by atoms with Gasteiger partial charge in [0.2, 0.25) is 11.8 Å². The summed E-state index contributed by atoms with van der Waals surface area (Å²) in [5.74, 6) is -0.0731. The molecule has 36 heavy (non-hydrogen) atoms. The molecule has 0 fully saturated rings. The summed E-state index contributed by atoms with van der Waals surface area (Å²) in [4.78, 5) is 28.8. The van der Waals surface area contributed by atoms with E-state index in [9.17, 15) is 14.0 Å². The maximum Gasteiger partial charge on any atom is 0.243 e. The Morgan fingerprint density at radius 3 is 2.31 bits per heavy atom. The van der Waals surface area contributed by atoms with Gasteiger partial charge in [0.1, 0.15) is 11.9 Å². The van der Waals surface area contributed by atoms with Gasteiger partial charge in [0, 0.05) is 29.2 Å². The SMILES string of the molecule is CC[C@H](C)NC(=O)[C@H](Cc1ccccc1)N(Cc1ccc(Br)cc1)C(=O)CSCc1ccccc1F. The van der Waals surface area contributed by atoms with Crippen LogP contribution in [0, 0.1) is 5.82 Å². The number of benzene rings is 3. The largest absolute Gasteiger partial charge is 0.352 e. The van der Waals surface area contributed by atoms with Crippen LogP contribution in [0.2, 0.25) is 0 Å². The summed E-state index contributed by atoms with van der Waals surface area (Å²) >= 11 is 4.81. The molecule has 4 nitrogen and oxygen atoms in total. The van der Waals surface area contributed by atoms with Gasteiger partial charge < -0.3 is 10.2 Å². The molecular formula is C29H32BrFN2O2S. The van der Waals surface area contributed by atoms with Crippen molar-refractivity contribution in [3.8, 4) is 0 Å². The van der Waals surface area contributed by atoms with Crippen LogP contribution in [-0.2, 0) is 28.3 Å². The molecule has 7 heteroatoms. The van der Waals surface area contributed by atoms with Crippen LogP contribution in [0.1, 0.15) is 37.0 Å². The van der Waals surface area contributed by atoms with Gasteiger partial charge in [-0.25, -0.2) is 4.39 Å². The van der Waals surface area contributed by atoms with Crippen LogP contribution in [0.25, 0.3) is 0 Å². The molecular weight excluding hydrogens is 539 g/mol. The smallest absolute Gasteiger partial charge is 0.243 e. The Hall–Kier alpha value is -2.64. The zero-order chi connectivity index (χ0) is 25.9. The van der Waals surface area contributed by atoms with Gasteiger partial charge in [0.15, 0.2) is 0 Å². The summed E-state index contributed by atoms with van der Waals surface area (Å²) in [5, 5.41) is 3.07. The average Bonchev–Trinajstić information content (AvgIpc) is 2.88. The van der Waals surface area contributed by atoms with E-state index in [4.69, 9.17) is 0 Å². The molecule has 3 rings (SSSR count). The third kappa shape index (κ3) is 8.49. The molecule has 0 saturated carbocycles. The van der Waals surface area contributed by atoms with Crippen LogP contribution in [0.3, 0.4) is 0 Å². The quantitative estimate of drug-likeness (QED) is 0.275. The molecule has 0 aliphatic heterocycles. The zero-order valence-electron chi connectivity index (χ0n) is 20.6. The Labute approximate surface area is 225 Å². The lowest BCUT2D eigenvalue weighted by Gasteiger charge is -2.32. The van der Waals surface area contributed by atoms with Crippen molar-refractivity contribution in [2.75, 3.05) is 5.75 Å². The standard InChI is InChI=1S/C29H32BrFN2O2S/c1-3-21(2)32-29(35)27(17-22-9-5-4-6-10-22)33(18-23-13-15-25(30)16-14-23)28(34)20-36-19-24-11-7-8-12-26(24)31/h4-16,21,27H,3,17-20H2,1-2H3,(H,32,35)/t21-,27-/m0/s1. The van der Waals surface area contributed by atoms with Crippen LogP contribution >= 0.6 is 27.7 Å². The van der Waals surface area contributed by atoms with E-state index < -0.39 is 6.04 Å². The number of nitrogens with zero attached hydrogens (tertiary/aromatic N) is 1. The summed E-state index contributed by atoms with van der Waals surface area (Å²) in [5.41, 5.74) is 2.47. The number of thioether (sulfide) groups is 1. The lowest BCUT2D eigenvalue weighted by molar-refractivity contribution is -0.139. The fourth-order valence-corrected chi connectivity index (χ4v) is 4.89. The first kappa shape index (κ1) is 27.9. The fraction of sp³-hybridized carbons (Fsp3) is 0.310. The van der Waals surface area contributed by atoms with E-state index in [-0.39, 0.29) is 29.4 Å². The molecule has 190 valence electrons. The van der Waals surface area contributed by atoms with Crippen molar-refractivity contribution in [1.29, 1.82) is 0 Å². The van der Waals surface area contributed by atoms with Crippen molar-refractivity contribution in [2.24, 2.45) is 0 Å². The predicted molar refractivity (Wildman–Crippen MR) is 149 cm³/mol. The van der Waals surface area contributed by atoms with Gasteiger partial charge in [-0.15, -0.1) is 11.8 Å². The number of halogens is 2. The second-order valence-electron chi connectivity index (χ2n) is 8.76. The van der Waals surface area contributed by atoms with Gasteiger partial charge in [-0.05, 0) is 48.2 Å². The van der Waals surface area contributed by atoms with E-state index in [0.717, 1.165) is 22.0 Å². The third-order valence-electron chi connectivity index (χ3n) is 5.98. The van der Waals surface area contributed by atoms with E-state index >= 15 is 0 Å². The molecule has 0 radical (unpaired) electrons. The Morgan fingerprint density at radius 1 is 0.972 bits per heavy atom. The van der Waals surface area contributed by atoms with Gasteiger partial charge in [0.05, 0.1) is 5.75 Å². The number of carbonyl (C=O) groups is 2. The highest BCUT2D eigenvalue weighted by molar-refractivity contribution is 9.10. The maximum absolute atomic E-state index is 14.1. The highest BCUT2D eigenvalue weighted by Gasteiger charge is 2.30. The molecule has 0 saturated heterocycles. The number of amides is 2. The summed E-state index contributed by atoms with van der Waals surface area (Å²) in [6, 6.07) is 23.4. The monoisotopic (exact) mass is 570 g/mol. The van der Waals surface area contributed by atoms with Crippen LogP contribution in [0.4, 0.5) is 4.39 Å². The number of hydrogen-bond acceptors (Lipinski definition) is 3. The van der Waals surface area contributed by atoms with Crippen LogP contribution in [0.5, 0.6) is 0 Å².